The summed E-state index contributed by atoms with van der Waals surface area (Å²) in [5, 5.41) is 1.14. The summed E-state index contributed by atoms with van der Waals surface area (Å²) < 4.78 is 13.4. The van der Waals surface area contributed by atoms with Crippen LogP contribution in [0.4, 0.5) is 4.39 Å². The molecule has 0 aliphatic heterocycles. The van der Waals surface area contributed by atoms with Crippen molar-refractivity contribution in [3.63, 3.8) is 0 Å². The Morgan fingerprint density at radius 1 is 1.50 bits per heavy atom. The summed E-state index contributed by atoms with van der Waals surface area (Å²) in [4.78, 5) is 16.1. The molecule has 0 N–H and O–H groups in total. The number of carbonyl (C=O) groups is 1. The molecule has 0 atom stereocenters. The second kappa shape index (κ2) is 5.61. The molecule has 0 bridgehead atoms. The molecule has 88 valence electrons. The van der Waals surface area contributed by atoms with Gasteiger partial charge < -0.3 is 0 Å². The first-order chi connectivity index (χ1) is 7.54. The highest BCUT2D eigenvalue weighted by molar-refractivity contribution is 5.75. The summed E-state index contributed by atoms with van der Waals surface area (Å²) in [5.74, 6) is -0.421. The Hall–Kier alpha value is -1.42. The molecule has 0 unspecified atom stereocenters. The molecule has 0 saturated heterocycles. The SMILES string of the molecule is CON(C)C(=O)CCc1ccc(C)cc1F. The predicted molar refractivity (Wildman–Crippen MR) is 59.2 cm³/mol. The lowest BCUT2D eigenvalue weighted by molar-refractivity contribution is -0.168. The van der Waals surface area contributed by atoms with Crippen molar-refractivity contribution in [2.24, 2.45) is 0 Å². The third-order valence-corrected chi connectivity index (χ3v) is 2.44. The topological polar surface area (TPSA) is 29.5 Å². The van der Waals surface area contributed by atoms with Crippen LogP contribution in [0.2, 0.25) is 0 Å². The van der Waals surface area contributed by atoms with E-state index in [0.717, 1.165) is 10.6 Å². The molecule has 0 saturated carbocycles. The van der Waals surface area contributed by atoms with Crippen molar-refractivity contribution in [2.45, 2.75) is 19.8 Å². The van der Waals surface area contributed by atoms with Gasteiger partial charge in [-0.25, -0.2) is 9.45 Å². The van der Waals surface area contributed by atoms with E-state index in [4.69, 9.17) is 4.84 Å². The third-order valence-electron chi connectivity index (χ3n) is 2.44. The first kappa shape index (κ1) is 12.6. The van der Waals surface area contributed by atoms with E-state index in [1.165, 1.54) is 20.2 Å². The molecule has 1 rings (SSSR count). The predicted octanol–water partition coefficient (Wildman–Crippen LogP) is 2.09. The number of rotatable bonds is 4. The average Bonchev–Trinajstić information content (AvgIpc) is 2.26. The van der Waals surface area contributed by atoms with Gasteiger partial charge in [0.05, 0.1) is 7.11 Å². The van der Waals surface area contributed by atoms with Gasteiger partial charge in [-0.1, -0.05) is 12.1 Å². The van der Waals surface area contributed by atoms with E-state index in [9.17, 15) is 9.18 Å². The molecular weight excluding hydrogens is 209 g/mol. The molecule has 1 amide bonds. The number of amides is 1. The van der Waals surface area contributed by atoms with Crippen LogP contribution in [0.5, 0.6) is 0 Å². The highest BCUT2D eigenvalue weighted by atomic mass is 19.1. The molecule has 1 aromatic carbocycles. The van der Waals surface area contributed by atoms with Crippen molar-refractivity contribution >= 4 is 5.91 Å². The average molecular weight is 225 g/mol. The summed E-state index contributed by atoms with van der Waals surface area (Å²) in [6.07, 6.45) is 0.628. The monoisotopic (exact) mass is 225 g/mol. The molecule has 0 fully saturated rings. The molecule has 4 heteroatoms. The maximum atomic E-state index is 13.4. The van der Waals surface area contributed by atoms with Crippen LogP contribution < -0.4 is 0 Å². The number of hydrogen-bond acceptors (Lipinski definition) is 2. The summed E-state index contributed by atoms with van der Waals surface area (Å²) in [7, 11) is 2.96. The fourth-order valence-electron chi connectivity index (χ4n) is 1.36. The number of hydroxylamine groups is 2. The molecule has 1 aromatic rings. The quantitative estimate of drug-likeness (QED) is 0.734. The zero-order chi connectivity index (χ0) is 12.1. The minimum absolute atomic E-state index is 0.164. The molecule has 0 aliphatic carbocycles. The second-order valence-electron chi connectivity index (χ2n) is 3.67. The van der Waals surface area contributed by atoms with Crippen molar-refractivity contribution in [2.75, 3.05) is 14.2 Å². The fraction of sp³-hybridized carbons (Fsp3) is 0.417. The van der Waals surface area contributed by atoms with E-state index < -0.39 is 0 Å². The van der Waals surface area contributed by atoms with Crippen molar-refractivity contribution in [1.82, 2.24) is 5.06 Å². The van der Waals surface area contributed by atoms with Crippen LogP contribution in [-0.2, 0) is 16.1 Å². The zero-order valence-corrected chi connectivity index (χ0v) is 9.79. The van der Waals surface area contributed by atoms with Crippen molar-refractivity contribution in [3.8, 4) is 0 Å². The Morgan fingerprint density at radius 3 is 2.75 bits per heavy atom. The van der Waals surface area contributed by atoms with E-state index in [2.05, 4.69) is 0 Å². The number of hydrogen-bond donors (Lipinski definition) is 0. The number of nitrogens with zero attached hydrogens (tertiary/aromatic N) is 1. The number of aryl methyl sites for hydroxylation is 2. The summed E-state index contributed by atoms with van der Waals surface area (Å²) in [6.45, 7) is 1.83. The van der Waals surface area contributed by atoms with Gasteiger partial charge in [0.2, 0.25) is 5.91 Å². The van der Waals surface area contributed by atoms with Crippen LogP contribution >= 0.6 is 0 Å². The van der Waals surface area contributed by atoms with Gasteiger partial charge in [-0.2, -0.15) is 0 Å². The van der Waals surface area contributed by atoms with Crippen molar-refractivity contribution < 1.29 is 14.0 Å². The van der Waals surface area contributed by atoms with E-state index in [1.807, 2.05) is 13.0 Å². The normalized spacial score (nSPS) is 10.2. The summed E-state index contributed by atoms with van der Waals surface area (Å²) in [6, 6.07) is 5.02. The number of carbonyl (C=O) groups excluding carboxylic acids is 1. The molecule has 16 heavy (non-hydrogen) atoms. The van der Waals surface area contributed by atoms with E-state index in [-0.39, 0.29) is 18.1 Å². The maximum absolute atomic E-state index is 13.4. The lowest BCUT2D eigenvalue weighted by Crippen LogP contribution is -2.25. The summed E-state index contributed by atoms with van der Waals surface area (Å²) >= 11 is 0. The lowest BCUT2D eigenvalue weighted by Gasteiger charge is -2.13. The van der Waals surface area contributed by atoms with Crippen LogP contribution in [0.25, 0.3) is 0 Å². The largest absolute Gasteiger partial charge is 0.275 e. The molecule has 0 aromatic heterocycles. The first-order valence-electron chi connectivity index (χ1n) is 5.10. The van der Waals surface area contributed by atoms with Crippen LogP contribution in [0.1, 0.15) is 17.5 Å². The Morgan fingerprint density at radius 2 is 2.19 bits per heavy atom. The third kappa shape index (κ3) is 3.31. The van der Waals surface area contributed by atoms with E-state index in [0.29, 0.717) is 12.0 Å². The Bertz CT molecular complexity index is 379. The van der Waals surface area contributed by atoms with Gasteiger partial charge in [0.1, 0.15) is 5.82 Å². The zero-order valence-electron chi connectivity index (χ0n) is 9.79. The van der Waals surface area contributed by atoms with Gasteiger partial charge in [-0.05, 0) is 30.5 Å². The van der Waals surface area contributed by atoms with Crippen LogP contribution in [0, 0.1) is 12.7 Å². The van der Waals surface area contributed by atoms with E-state index >= 15 is 0 Å². The summed E-state index contributed by atoms with van der Waals surface area (Å²) in [5.41, 5.74) is 1.44. The molecule has 0 spiro atoms. The Labute approximate surface area is 94.8 Å². The van der Waals surface area contributed by atoms with Gasteiger partial charge in [0.25, 0.3) is 0 Å². The molecular formula is C12H16FNO2. The lowest BCUT2D eigenvalue weighted by atomic mass is 10.1. The van der Waals surface area contributed by atoms with Crippen LogP contribution in [0.15, 0.2) is 18.2 Å². The minimum Gasteiger partial charge on any atom is -0.275 e. The highest BCUT2D eigenvalue weighted by Gasteiger charge is 2.09. The highest BCUT2D eigenvalue weighted by Crippen LogP contribution is 2.12. The Kier molecular flexibility index (Phi) is 4.43. The number of benzene rings is 1. The fourth-order valence-corrected chi connectivity index (χ4v) is 1.36. The minimum atomic E-state index is -0.257. The molecule has 0 heterocycles. The van der Waals surface area contributed by atoms with Crippen molar-refractivity contribution in [3.05, 3.63) is 35.1 Å². The second-order valence-corrected chi connectivity index (χ2v) is 3.67. The van der Waals surface area contributed by atoms with Crippen LogP contribution in [0.3, 0.4) is 0 Å². The van der Waals surface area contributed by atoms with Crippen molar-refractivity contribution in [1.29, 1.82) is 0 Å². The van der Waals surface area contributed by atoms with E-state index in [1.54, 1.807) is 6.07 Å². The van der Waals surface area contributed by atoms with Gasteiger partial charge >= 0.3 is 0 Å². The van der Waals surface area contributed by atoms with Gasteiger partial charge in [-0.3, -0.25) is 9.63 Å². The van der Waals surface area contributed by atoms with Crippen LogP contribution in [-0.4, -0.2) is 25.1 Å². The van der Waals surface area contributed by atoms with Gasteiger partial charge in [-0.15, -0.1) is 0 Å². The smallest absolute Gasteiger partial charge is 0.246 e. The van der Waals surface area contributed by atoms with Gasteiger partial charge in [0.15, 0.2) is 0 Å². The first-order valence-corrected chi connectivity index (χ1v) is 5.10. The maximum Gasteiger partial charge on any atom is 0.246 e. The molecule has 3 nitrogen and oxygen atoms in total. The van der Waals surface area contributed by atoms with Gasteiger partial charge in [0, 0.05) is 13.5 Å². The molecule has 0 radical (unpaired) electrons. The molecule has 0 aliphatic rings. The standard InChI is InChI=1S/C12H16FNO2/c1-9-4-5-10(11(13)8-9)6-7-12(15)14(2)16-3/h4-5,8H,6-7H2,1-3H3. The number of halogens is 1. The Balaban J connectivity index is 2.58.